The van der Waals surface area contributed by atoms with Crippen molar-refractivity contribution in [3.8, 4) is 17.5 Å². The lowest BCUT2D eigenvalue weighted by atomic mass is 10.2. The molecule has 0 aliphatic heterocycles. The zero-order valence-electron chi connectivity index (χ0n) is 13.3. The predicted molar refractivity (Wildman–Crippen MR) is 93.7 cm³/mol. The van der Waals surface area contributed by atoms with E-state index in [1.54, 1.807) is 24.3 Å². The molecule has 3 aromatic rings. The maximum absolute atomic E-state index is 13.0. The van der Waals surface area contributed by atoms with Gasteiger partial charge < -0.3 is 4.42 Å². The molecule has 9 heteroatoms. The quantitative estimate of drug-likeness (QED) is 0.674. The van der Waals surface area contributed by atoms with Crippen LogP contribution in [-0.2, 0) is 10.0 Å². The maximum atomic E-state index is 13.0. The van der Waals surface area contributed by atoms with E-state index in [2.05, 4.69) is 4.98 Å². The second-order valence-electron chi connectivity index (χ2n) is 5.22. The van der Waals surface area contributed by atoms with Crippen LogP contribution in [0.25, 0.3) is 11.5 Å². The SMILES string of the molecule is CN(c1oc(-c2ccc(Cl)cc2)nc1C#N)S(=O)(=O)c1ccc(F)cc1. The van der Waals surface area contributed by atoms with Crippen LogP contribution >= 0.6 is 11.6 Å². The molecule has 0 atom stereocenters. The molecule has 0 fully saturated rings. The Bertz CT molecular complexity index is 1090. The van der Waals surface area contributed by atoms with Crippen LogP contribution in [0.15, 0.2) is 57.8 Å². The second-order valence-corrected chi connectivity index (χ2v) is 7.62. The van der Waals surface area contributed by atoms with Crippen molar-refractivity contribution in [2.45, 2.75) is 4.90 Å². The van der Waals surface area contributed by atoms with E-state index in [9.17, 15) is 18.1 Å². The van der Waals surface area contributed by atoms with Gasteiger partial charge in [-0.1, -0.05) is 11.6 Å². The van der Waals surface area contributed by atoms with E-state index in [-0.39, 0.29) is 22.4 Å². The fourth-order valence-electron chi connectivity index (χ4n) is 2.19. The molecule has 0 bridgehead atoms. The fourth-order valence-corrected chi connectivity index (χ4v) is 3.45. The van der Waals surface area contributed by atoms with Crippen LogP contribution in [0.5, 0.6) is 0 Å². The van der Waals surface area contributed by atoms with Gasteiger partial charge in [0.2, 0.25) is 17.5 Å². The Hall–Kier alpha value is -2.89. The number of rotatable bonds is 4. The molecule has 0 aliphatic rings. The van der Waals surface area contributed by atoms with Crippen molar-refractivity contribution >= 4 is 27.5 Å². The zero-order chi connectivity index (χ0) is 18.9. The molecule has 132 valence electrons. The minimum Gasteiger partial charge on any atom is -0.418 e. The van der Waals surface area contributed by atoms with Gasteiger partial charge in [0.25, 0.3) is 10.0 Å². The minimum atomic E-state index is -4.06. The van der Waals surface area contributed by atoms with Gasteiger partial charge in [0.1, 0.15) is 11.9 Å². The molecule has 0 saturated carbocycles. The summed E-state index contributed by atoms with van der Waals surface area (Å²) in [7, 11) is -2.83. The number of aromatic nitrogens is 1. The number of hydrogen-bond acceptors (Lipinski definition) is 5. The molecule has 6 nitrogen and oxygen atoms in total. The van der Waals surface area contributed by atoms with E-state index in [4.69, 9.17) is 16.0 Å². The van der Waals surface area contributed by atoms with Gasteiger partial charge in [0.15, 0.2) is 0 Å². The third-order valence-corrected chi connectivity index (χ3v) is 5.57. The number of benzene rings is 2. The van der Waals surface area contributed by atoms with Crippen molar-refractivity contribution in [1.29, 1.82) is 5.26 Å². The Morgan fingerprint density at radius 3 is 2.35 bits per heavy atom. The van der Waals surface area contributed by atoms with Crippen LogP contribution in [0.1, 0.15) is 5.69 Å². The lowest BCUT2D eigenvalue weighted by Gasteiger charge is -2.16. The Morgan fingerprint density at radius 1 is 1.15 bits per heavy atom. The summed E-state index contributed by atoms with van der Waals surface area (Å²) in [5, 5.41) is 9.79. The van der Waals surface area contributed by atoms with Gasteiger partial charge in [-0.15, -0.1) is 0 Å². The fraction of sp³-hybridized carbons (Fsp3) is 0.0588. The molecule has 1 heterocycles. The smallest absolute Gasteiger partial charge is 0.266 e. The van der Waals surface area contributed by atoms with Crippen LogP contribution in [-0.4, -0.2) is 20.4 Å². The molecule has 1 aromatic heterocycles. The number of sulfonamides is 1. The summed E-state index contributed by atoms with van der Waals surface area (Å²) in [6.45, 7) is 0. The normalized spacial score (nSPS) is 11.2. The number of anilines is 1. The van der Waals surface area contributed by atoms with Gasteiger partial charge in [0, 0.05) is 17.6 Å². The molecule has 3 rings (SSSR count). The molecule has 26 heavy (non-hydrogen) atoms. The summed E-state index contributed by atoms with van der Waals surface area (Å²) < 4.78 is 44.7. The van der Waals surface area contributed by atoms with E-state index in [1.807, 2.05) is 6.07 Å². The van der Waals surface area contributed by atoms with Crippen LogP contribution in [0.2, 0.25) is 5.02 Å². The van der Waals surface area contributed by atoms with Crippen LogP contribution < -0.4 is 4.31 Å². The van der Waals surface area contributed by atoms with E-state index in [0.29, 0.717) is 10.6 Å². The molecule has 2 aromatic carbocycles. The first-order chi connectivity index (χ1) is 12.3. The first kappa shape index (κ1) is 17.9. The maximum Gasteiger partial charge on any atom is 0.266 e. The molecular formula is C17H11ClFN3O3S. The highest BCUT2D eigenvalue weighted by atomic mass is 35.5. The Kier molecular flexibility index (Phi) is 4.68. The average molecular weight is 392 g/mol. The Balaban J connectivity index is 2.04. The van der Waals surface area contributed by atoms with Gasteiger partial charge in [-0.2, -0.15) is 10.2 Å². The lowest BCUT2D eigenvalue weighted by Crippen LogP contribution is -2.26. The molecule has 0 saturated heterocycles. The summed E-state index contributed by atoms with van der Waals surface area (Å²) in [4.78, 5) is 3.89. The first-order valence-corrected chi connectivity index (χ1v) is 9.06. The number of nitriles is 1. The van der Waals surface area contributed by atoms with Crippen molar-refractivity contribution in [3.05, 3.63) is 65.1 Å². The van der Waals surface area contributed by atoms with Crippen molar-refractivity contribution in [3.63, 3.8) is 0 Å². The van der Waals surface area contributed by atoms with E-state index >= 15 is 0 Å². The molecular weight excluding hydrogens is 381 g/mol. The van der Waals surface area contributed by atoms with Gasteiger partial charge in [-0.3, -0.25) is 0 Å². The van der Waals surface area contributed by atoms with E-state index < -0.39 is 15.8 Å². The van der Waals surface area contributed by atoms with Crippen molar-refractivity contribution in [2.75, 3.05) is 11.4 Å². The highest BCUT2D eigenvalue weighted by Gasteiger charge is 2.28. The van der Waals surface area contributed by atoms with E-state index in [0.717, 1.165) is 28.6 Å². The largest absolute Gasteiger partial charge is 0.418 e. The molecule has 0 radical (unpaired) electrons. The number of oxazole rings is 1. The van der Waals surface area contributed by atoms with Crippen LogP contribution in [0.4, 0.5) is 10.3 Å². The van der Waals surface area contributed by atoms with Crippen molar-refractivity contribution in [1.82, 2.24) is 4.98 Å². The molecule has 0 aliphatic carbocycles. The van der Waals surface area contributed by atoms with Gasteiger partial charge in [-0.25, -0.2) is 17.1 Å². The third-order valence-electron chi connectivity index (χ3n) is 3.56. The number of halogens is 2. The summed E-state index contributed by atoms with van der Waals surface area (Å²) in [5.41, 5.74) is 0.341. The highest BCUT2D eigenvalue weighted by Crippen LogP contribution is 2.31. The number of nitrogens with zero attached hydrogens (tertiary/aromatic N) is 3. The Labute approximate surface area is 154 Å². The average Bonchev–Trinajstić information content (AvgIpc) is 3.06. The lowest BCUT2D eigenvalue weighted by molar-refractivity contribution is 0.563. The summed E-state index contributed by atoms with van der Waals surface area (Å²) in [6, 6.07) is 12.6. The number of hydrogen-bond donors (Lipinski definition) is 0. The molecule has 0 unspecified atom stereocenters. The summed E-state index contributed by atoms with van der Waals surface area (Å²) in [6.07, 6.45) is 0. The predicted octanol–water partition coefficient (Wildman–Crippen LogP) is 3.83. The molecule has 0 N–H and O–H groups in total. The Morgan fingerprint density at radius 2 is 1.77 bits per heavy atom. The highest BCUT2D eigenvalue weighted by molar-refractivity contribution is 7.92. The van der Waals surface area contributed by atoms with Gasteiger partial charge >= 0.3 is 0 Å². The van der Waals surface area contributed by atoms with Crippen LogP contribution in [0.3, 0.4) is 0 Å². The molecule has 0 spiro atoms. The van der Waals surface area contributed by atoms with E-state index in [1.165, 1.54) is 7.05 Å². The molecule has 0 amide bonds. The summed E-state index contributed by atoms with van der Waals surface area (Å²) in [5.74, 6) is -0.717. The minimum absolute atomic E-state index is 0.0781. The first-order valence-electron chi connectivity index (χ1n) is 7.24. The second kappa shape index (κ2) is 6.78. The van der Waals surface area contributed by atoms with Crippen molar-refractivity contribution < 1.29 is 17.2 Å². The van der Waals surface area contributed by atoms with Gasteiger partial charge in [-0.05, 0) is 48.5 Å². The zero-order valence-corrected chi connectivity index (χ0v) is 14.9. The summed E-state index contributed by atoms with van der Waals surface area (Å²) >= 11 is 5.83. The van der Waals surface area contributed by atoms with Crippen molar-refractivity contribution in [2.24, 2.45) is 0 Å². The van der Waals surface area contributed by atoms with Gasteiger partial charge in [0.05, 0.1) is 4.90 Å². The monoisotopic (exact) mass is 391 g/mol. The third kappa shape index (κ3) is 3.27. The topological polar surface area (TPSA) is 87.2 Å². The standard InChI is InChI=1S/C17H11ClFN3O3S/c1-22(26(23,24)14-8-6-13(19)7-9-14)17-15(10-20)21-16(25-17)11-2-4-12(18)5-3-11/h2-9H,1H3. The van der Waals surface area contributed by atoms with Crippen LogP contribution in [0, 0.1) is 17.1 Å².